The summed E-state index contributed by atoms with van der Waals surface area (Å²) in [4.78, 5) is 9.85. The minimum Gasteiger partial charge on any atom is -0.530 e. The molecular formula is C13H34N4O2. The van der Waals surface area contributed by atoms with Gasteiger partial charge in [-0.1, -0.05) is 25.7 Å². The first kappa shape index (κ1) is 20.5. The van der Waals surface area contributed by atoms with Crippen LogP contribution in [0.25, 0.3) is 0 Å². The van der Waals surface area contributed by atoms with Crippen molar-refractivity contribution in [2.75, 3.05) is 26.2 Å². The molecule has 0 saturated heterocycles. The fraction of sp³-hybridized carbons (Fsp3) is 0.923. The number of nitrogens with one attached hydrogen (secondary N) is 1. The maximum atomic E-state index is 9.85. The van der Waals surface area contributed by atoms with E-state index in [1.807, 2.05) is 0 Å². The van der Waals surface area contributed by atoms with Gasteiger partial charge in [0.1, 0.15) is 6.09 Å². The molecule has 0 rings (SSSR count). The molecule has 0 radical (unpaired) electrons. The zero-order chi connectivity index (χ0) is 14.8. The third-order valence-electron chi connectivity index (χ3n) is 2.56. The van der Waals surface area contributed by atoms with Crippen molar-refractivity contribution in [1.82, 2.24) is 5.32 Å². The summed E-state index contributed by atoms with van der Waals surface area (Å²) in [6.07, 6.45) is 7.59. The molecule has 6 heteroatoms. The van der Waals surface area contributed by atoms with Crippen LogP contribution < -0.4 is 27.6 Å². The largest absolute Gasteiger partial charge is 1.00 e. The highest BCUT2D eigenvalue weighted by Gasteiger charge is 1.88. The number of carbonyl (C=O) groups is 1. The Balaban J connectivity index is -0.000000131. The van der Waals surface area contributed by atoms with Crippen LogP contribution in [-0.4, -0.2) is 32.3 Å². The van der Waals surface area contributed by atoms with Gasteiger partial charge in [-0.25, -0.2) is 0 Å². The Bertz CT molecular complexity index is 184. The van der Waals surface area contributed by atoms with Crippen molar-refractivity contribution in [2.24, 2.45) is 17.2 Å². The number of carbonyl (C=O) groups excluding carboxylic acids is 1. The Morgan fingerprint density at radius 2 is 1.21 bits per heavy atom. The van der Waals surface area contributed by atoms with E-state index in [4.69, 9.17) is 17.2 Å². The third-order valence-corrected chi connectivity index (χ3v) is 2.56. The van der Waals surface area contributed by atoms with Crippen molar-refractivity contribution < 1.29 is 12.8 Å². The normalized spacial score (nSPS) is 9.63. The summed E-state index contributed by atoms with van der Waals surface area (Å²) >= 11 is 0. The van der Waals surface area contributed by atoms with E-state index in [2.05, 4.69) is 5.32 Å². The van der Waals surface area contributed by atoms with E-state index in [0.717, 1.165) is 51.6 Å². The van der Waals surface area contributed by atoms with Gasteiger partial charge in [0.25, 0.3) is 0 Å². The Hall–Kier alpha value is -0.850. The number of nitrogens with two attached hydrogens (primary N) is 3. The van der Waals surface area contributed by atoms with E-state index >= 15 is 0 Å². The number of amides is 1. The summed E-state index contributed by atoms with van der Waals surface area (Å²) in [5.74, 6) is 0. The average Bonchev–Trinajstić information content (AvgIpc) is 2.39. The van der Waals surface area contributed by atoms with E-state index in [-0.39, 0.29) is 2.85 Å². The topological polar surface area (TPSA) is 130 Å². The second-order valence-corrected chi connectivity index (χ2v) is 4.41. The first-order valence-corrected chi connectivity index (χ1v) is 7.24. The molecule has 0 aliphatic rings. The molecule has 0 spiro atoms. The number of unbranched alkanes of at least 4 members (excludes halogenated alkanes) is 6. The van der Waals surface area contributed by atoms with E-state index in [1.165, 1.54) is 12.8 Å². The van der Waals surface area contributed by atoms with Gasteiger partial charge >= 0.3 is 1.43 Å². The summed E-state index contributed by atoms with van der Waals surface area (Å²) in [5, 5.41) is 12.0. The average molecular weight is 278 g/mol. The van der Waals surface area contributed by atoms with Crippen LogP contribution in [-0.2, 0) is 0 Å². The lowest BCUT2D eigenvalue weighted by Crippen LogP contribution is -2.36. The summed E-state index contributed by atoms with van der Waals surface area (Å²) in [7, 11) is 0. The van der Waals surface area contributed by atoms with Gasteiger partial charge in [-0.3, -0.25) is 0 Å². The monoisotopic (exact) mass is 278 g/mol. The first-order chi connectivity index (χ1) is 9.18. The van der Waals surface area contributed by atoms with Crippen LogP contribution in [0.5, 0.6) is 0 Å². The van der Waals surface area contributed by atoms with Crippen molar-refractivity contribution in [3.05, 3.63) is 0 Å². The lowest BCUT2D eigenvalue weighted by molar-refractivity contribution is -0.250. The van der Waals surface area contributed by atoms with Crippen LogP contribution >= 0.6 is 0 Å². The smallest absolute Gasteiger partial charge is 0.530 e. The van der Waals surface area contributed by atoms with Gasteiger partial charge in [-0.05, 0) is 45.3 Å². The number of hydrogen-bond donors (Lipinski definition) is 4. The fourth-order valence-electron chi connectivity index (χ4n) is 1.46. The Labute approximate surface area is 120 Å². The van der Waals surface area contributed by atoms with E-state index in [0.29, 0.717) is 13.1 Å². The standard InChI is InChI=1S/C7H16N2O2.C6H16N2.H2/c8-5-3-1-2-4-6-9-7(10)11;7-5-3-1-2-4-6-8;/h9H,1-6,8H2,(H,10,11);1-8H2;1H. The molecule has 1 amide bonds. The van der Waals surface area contributed by atoms with Crippen LogP contribution in [0.15, 0.2) is 0 Å². The molecule has 6 nitrogen and oxygen atoms in total. The van der Waals surface area contributed by atoms with Gasteiger partial charge in [0.2, 0.25) is 0 Å². The van der Waals surface area contributed by atoms with Crippen molar-refractivity contribution >= 4 is 6.09 Å². The summed E-state index contributed by atoms with van der Waals surface area (Å²) in [6, 6.07) is 0. The van der Waals surface area contributed by atoms with E-state index in [1.54, 1.807) is 0 Å². The Morgan fingerprint density at radius 3 is 1.53 bits per heavy atom. The molecule has 118 valence electrons. The summed E-state index contributed by atoms with van der Waals surface area (Å²) in [6.45, 7) is 2.86. The van der Waals surface area contributed by atoms with Crippen LogP contribution in [0.1, 0.15) is 54.2 Å². The van der Waals surface area contributed by atoms with Gasteiger partial charge in [-0.2, -0.15) is 0 Å². The summed E-state index contributed by atoms with van der Waals surface area (Å²) < 4.78 is 0. The lowest BCUT2D eigenvalue weighted by Gasteiger charge is -2.04. The van der Waals surface area contributed by atoms with Gasteiger partial charge in [0.05, 0.1) is 0 Å². The van der Waals surface area contributed by atoms with E-state index < -0.39 is 6.09 Å². The molecule has 0 bridgehead atoms. The number of carboxylic acid groups (broad SMARTS) is 1. The van der Waals surface area contributed by atoms with Crippen molar-refractivity contribution in [1.29, 1.82) is 0 Å². The molecule has 0 unspecified atom stereocenters. The SMILES string of the molecule is NCCCCCCN.NCCCCCCNC(=O)[O-].[H+].[HH]. The molecule has 0 aromatic carbocycles. The highest BCUT2D eigenvalue weighted by atomic mass is 16.4. The minimum absolute atomic E-state index is 0. The quantitative estimate of drug-likeness (QED) is 0.403. The molecule has 0 aliphatic carbocycles. The van der Waals surface area contributed by atoms with Crippen LogP contribution in [0.3, 0.4) is 0 Å². The van der Waals surface area contributed by atoms with Crippen molar-refractivity contribution in [3.63, 3.8) is 0 Å². The fourth-order valence-corrected chi connectivity index (χ4v) is 1.46. The second-order valence-electron chi connectivity index (χ2n) is 4.41. The van der Waals surface area contributed by atoms with Crippen LogP contribution in [0.2, 0.25) is 0 Å². The molecular weight excluding hydrogens is 244 g/mol. The lowest BCUT2D eigenvalue weighted by atomic mass is 10.2. The Kier molecular flexibility index (Phi) is 21.0. The zero-order valence-electron chi connectivity index (χ0n) is 13.0. The summed E-state index contributed by atoms with van der Waals surface area (Å²) in [5.41, 5.74) is 15.8. The minimum atomic E-state index is -1.19. The van der Waals surface area contributed by atoms with Crippen molar-refractivity contribution in [3.8, 4) is 0 Å². The molecule has 19 heavy (non-hydrogen) atoms. The van der Waals surface area contributed by atoms with Crippen LogP contribution in [0.4, 0.5) is 4.79 Å². The molecule has 0 heterocycles. The molecule has 7 N–H and O–H groups in total. The molecule has 0 saturated carbocycles. The zero-order valence-corrected chi connectivity index (χ0v) is 12.0. The molecule has 0 aromatic heterocycles. The van der Waals surface area contributed by atoms with E-state index in [9.17, 15) is 9.90 Å². The number of rotatable bonds is 11. The molecule has 0 aliphatic heterocycles. The maximum absolute atomic E-state index is 9.85. The maximum Gasteiger partial charge on any atom is 1.00 e. The third kappa shape index (κ3) is 26.7. The highest BCUT2D eigenvalue weighted by molar-refractivity contribution is 5.61. The van der Waals surface area contributed by atoms with Gasteiger partial charge in [-0.15, -0.1) is 0 Å². The first-order valence-electron chi connectivity index (χ1n) is 7.24. The molecule has 0 atom stereocenters. The predicted molar refractivity (Wildman–Crippen MR) is 80.7 cm³/mol. The second kappa shape index (κ2) is 19.5. The highest BCUT2D eigenvalue weighted by Crippen LogP contribution is 1.96. The van der Waals surface area contributed by atoms with Gasteiger partial charge in [0, 0.05) is 7.97 Å². The molecule has 0 fully saturated rings. The molecule has 0 aromatic rings. The van der Waals surface area contributed by atoms with Crippen molar-refractivity contribution in [2.45, 2.75) is 51.4 Å². The van der Waals surface area contributed by atoms with Crippen LogP contribution in [0, 0.1) is 0 Å². The van der Waals surface area contributed by atoms with Gasteiger partial charge < -0.3 is 32.4 Å². The number of hydrogen-bond acceptors (Lipinski definition) is 5. The van der Waals surface area contributed by atoms with Gasteiger partial charge in [0.15, 0.2) is 0 Å². The Morgan fingerprint density at radius 1 is 0.842 bits per heavy atom. The predicted octanol–water partition coefficient (Wildman–Crippen LogP) is 0.261.